The Morgan fingerprint density at radius 1 is 1.19 bits per heavy atom. The zero-order valence-corrected chi connectivity index (χ0v) is 19.8. The fourth-order valence-electron chi connectivity index (χ4n) is 4.83. The molecule has 12 heteroatoms. The van der Waals surface area contributed by atoms with E-state index in [9.17, 15) is 19.2 Å². The van der Waals surface area contributed by atoms with Gasteiger partial charge in [0.2, 0.25) is 11.8 Å². The molecule has 2 N–H and O–H groups in total. The Morgan fingerprint density at radius 3 is 2.89 bits per heavy atom. The number of aryl methyl sites for hydroxylation is 1. The third-order valence-corrected chi connectivity index (χ3v) is 6.74. The number of pyridine rings is 1. The maximum atomic E-state index is 12.9. The highest BCUT2D eigenvalue weighted by Gasteiger charge is 2.39. The van der Waals surface area contributed by atoms with Crippen LogP contribution >= 0.6 is 0 Å². The first-order chi connectivity index (χ1) is 17.9. The fourth-order valence-corrected chi connectivity index (χ4v) is 4.83. The van der Waals surface area contributed by atoms with E-state index in [2.05, 4.69) is 25.9 Å². The molecule has 0 bridgehead atoms. The van der Waals surface area contributed by atoms with Crippen LogP contribution < -0.4 is 10.6 Å². The lowest BCUT2D eigenvalue weighted by Gasteiger charge is -2.29. The SMILES string of the molecule is Cc1nc2ccccn2c1CNC(=O)c1cn(-c2ccc3c(c2)CN(C2CCC(=O)NC2=O)C3=O)nn1. The van der Waals surface area contributed by atoms with Gasteiger partial charge in [-0.3, -0.25) is 24.5 Å². The molecule has 3 aromatic heterocycles. The number of imide groups is 1. The summed E-state index contributed by atoms with van der Waals surface area (Å²) < 4.78 is 3.39. The highest BCUT2D eigenvalue weighted by Crippen LogP contribution is 2.29. The minimum Gasteiger partial charge on any atom is -0.345 e. The molecule has 12 nitrogen and oxygen atoms in total. The van der Waals surface area contributed by atoms with Gasteiger partial charge in [0.1, 0.15) is 11.7 Å². The van der Waals surface area contributed by atoms with Crippen LogP contribution in [0.5, 0.6) is 0 Å². The van der Waals surface area contributed by atoms with Crippen molar-refractivity contribution in [1.29, 1.82) is 0 Å². The molecule has 5 heterocycles. The number of nitrogens with zero attached hydrogens (tertiary/aromatic N) is 6. The largest absolute Gasteiger partial charge is 0.345 e. The van der Waals surface area contributed by atoms with Crippen molar-refractivity contribution < 1.29 is 19.2 Å². The van der Waals surface area contributed by atoms with Crippen molar-refractivity contribution in [2.45, 2.75) is 38.9 Å². The number of fused-ring (bicyclic) bond motifs is 2. The number of hydrogen-bond donors (Lipinski definition) is 2. The van der Waals surface area contributed by atoms with Crippen LogP contribution in [-0.4, -0.2) is 58.9 Å². The van der Waals surface area contributed by atoms with Crippen LogP contribution in [0, 0.1) is 6.92 Å². The lowest BCUT2D eigenvalue weighted by atomic mass is 10.0. The van der Waals surface area contributed by atoms with Gasteiger partial charge in [-0.1, -0.05) is 11.3 Å². The van der Waals surface area contributed by atoms with E-state index in [0.29, 0.717) is 17.7 Å². The Kier molecular flexibility index (Phi) is 5.29. The molecule has 0 radical (unpaired) electrons. The van der Waals surface area contributed by atoms with Gasteiger partial charge in [-0.05, 0) is 49.2 Å². The number of rotatable bonds is 5. The molecule has 0 saturated carbocycles. The third kappa shape index (κ3) is 3.92. The summed E-state index contributed by atoms with van der Waals surface area (Å²) in [5.74, 6) is -1.41. The molecule has 1 atom stereocenters. The summed E-state index contributed by atoms with van der Waals surface area (Å²) >= 11 is 0. The Balaban J connectivity index is 1.16. The van der Waals surface area contributed by atoms with Crippen molar-refractivity contribution in [2.24, 2.45) is 0 Å². The second-order valence-corrected chi connectivity index (χ2v) is 9.05. The van der Waals surface area contributed by atoms with E-state index < -0.39 is 11.9 Å². The van der Waals surface area contributed by atoms with Crippen molar-refractivity contribution in [1.82, 2.24) is 39.9 Å². The minimum atomic E-state index is -0.681. The van der Waals surface area contributed by atoms with Gasteiger partial charge >= 0.3 is 0 Å². The van der Waals surface area contributed by atoms with E-state index >= 15 is 0 Å². The highest BCUT2D eigenvalue weighted by atomic mass is 16.2. The Hall–Kier alpha value is -4.87. The summed E-state index contributed by atoms with van der Waals surface area (Å²) in [6.07, 6.45) is 3.91. The van der Waals surface area contributed by atoms with Crippen molar-refractivity contribution in [3.8, 4) is 5.69 Å². The topological polar surface area (TPSA) is 144 Å². The van der Waals surface area contributed by atoms with Gasteiger partial charge < -0.3 is 14.6 Å². The smallest absolute Gasteiger partial charge is 0.273 e. The average Bonchev–Trinajstić information content (AvgIpc) is 3.58. The van der Waals surface area contributed by atoms with Gasteiger partial charge in [-0.2, -0.15) is 0 Å². The van der Waals surface area contributed by atoms with Gasteiger partial charge in [0.05, 0.1) is 29.8 Å². The van der Waals surface area contributed by atoms with Crippen molar-refractivity contribution in [3.05, 3.63) is 77.0 Å². The first kappa shape index (κ1) is 22.6. The van der Waals surface area contributed by atoms with Crippen molar-refractivity contribution in [3.63, 3.8) is 0 Å². The molecule has 2 aliphatic rings. The number of benzene rings is 1. The number of aromatic nitrogens is 5. The first-order valence-electron chi connectivity index (χ1n) is 11.8. The van der Waals surface area contributed by atoms with E-state index in [1.54, 1.807) is 18.2 Å². The van der Waals surface area contributed by atoms with Gasteiger partial charge in [-0.15, -0.1) is 5.10 Å². The molecule has 0 spiro atoms. The molecule has 4 aromatic rings. The van der Waals surface area contributed by atoms with E-state index in [4.69, 9.17) is 0 Å². The monoisotopic (exact) mass is 498 g/mol. The van der Waals surface area contributed by atoms with Crippen LogP contribution in [0.15, 0.2) is 48.8 Å². The number of piperidine rings is 1. The molecule has 1 fully saturated rings. The lowest BCUT2D eigenvalue weighted by molar-refractivity contribution is -0.136. The Bertz CT molecular complexity index is 1600. The Morgan fingerprint density at radius 2 is 2.05 bits per heavy atom. The van der Waals surface area contributed by atoms with E-state index in [-0.39, 0.29) is 42.9 Å². The van der Waals surface area contributed by atoms with E-state index in [1.165, 1.54) is 15.8 Å². The van der Waals surface area contributed by atoms with Crippen molar-refractivity contribution in [2.75, 3.05) is 0 Å². The quantitative estimate of drug-likeness (QED) is 0.389. The van der Waals surface area contributed by atoms with Crippen LogP contribution in [0.2, 0.25) is 0 Å². The molecule has 1 saturated heterocycles. The second-order valence-electron chi connectivity index (χ2n) is 9.05. The summed E-state index contributed by atoms with van der Waals surface area (Å²) in [6, 6.07) is 10.2. The summed E-state index contributed by atoms with van der Waals surface area (Å²) in [5.41, 5.74) is 4.51. The summed E-state index contributed by atoms with van der Waals surface area (Å²) in [4.78, 5) is 55.4. The highest BCUT2D eigenvalue weighted by molar-refractivity contribution is 6.05. The summed E-state index contributed by atoms with van der Waals surface area (Å²) in [5, 5.41) is 13.3. The normalized spacial score (nSPS) is 17.3. The number of nitrogens with one attached hydrogen (secondary N) is 2. The average molecular weight is 499 g/mol. The number of amides is 4. The molecule has 1 unspecified atom stereocenters. The van der Waals surface area contributed by atoms with Gasteiger partial charge in [0.25, 0.3) is 11.8 Å². The number of hydrogen-bond acceptors (Lipinski definition) is 7. The van der Waals surface area contributed by atoms with Gasteiger partial charge in [0, 0.05) is 24.7 Å². The summed E-state index contributed by atoms with van der Waals surface area (Å²) in [6.45, 7) is 2.42. The lowest BCUT2D eigenvalue weighted by Crippen LogP contribution is -2.52. The first-order valence-corrected chi connectivity index (χ1v) is 11.8. The number of carbonyl (C=O) groups is 4. The fraction of sp³-hybridized carbons (Fsp3) is 0.240. The maximum absolute atomic E-state index is 12.9. The predicted molar refractivity (Wildman–Crippen MR) is 129 cm³/mol. The van der Waals surface area contributed by atoms with E-state index in [0.717, 1.165) is 22.6 Å². The van der Waals surface area contributed by atoms with E-state index in [1.807, 2.05) is 35.7 Å². The molecular formula is C25H22N8O4. The van der Waals surface area contributed by atoms with Crippen LogP contribution in [0.3, 0.4) is 0 Å². The number of imidazole rings is 1. The molecule has 2 aliphatic heterocycles. The van der Waals surface area contributed by atoms with Crippen LogP contribution in [0.25, 0.3) is 11.3 Å². The second kappa shape index (κ2) is 8.66. The third-order valence-electron chi connectivity index (χ3n) is 6.74. The molecular weight excluding hydrogens is 476 g/mol. The van der Waals surface area contributed by atoms with Crippen LogP contribution in [-0.2, 0) is 22.7 Å². The molecule has 6 rings (SSSR count). The zero-order valence-electron chi connectivity index (χ0n) is 19.8. The zero-order chi connectivity index (χ0) is 25.7. The standard InChI is InChI=1S/C25H22N8O4/c1-14-20(31-9-3-2-4-21(31)27-14)11-26-23(35)18-13-33(30-29-18)16-5-6-17-15(10-16)12-32(25(17)37)19-7-8-22(34)28-24(19)36/h2-6,9-10,13,19H,7-8,11-12H2,1H3,(H,26,35)(H,28,34,36). The summed E-state index contributed by atoms with van der Waals surface area (Å²) in [7, 11) is 0. The molecule has 1 aromatic carbocycles. The van der Waals surface area contributed by atoms with Gasteiger partial charge in [-0.25, -0.2) is 9.67 Å². The minimum absolute atomic E-state index is 0.146. The van der Waals surface area contributed by atoms with Crippen LogP contribution in [0.4, 0.5) is 0 Å². The van der Waals surface area contributed by atoms with Crippen molar-refractivity contribution >= 4 is 29.3 Å². The Labute approximate surface area is 210 Å². The molecule has 0 aliphatic carbocycles. The maximum Gasteiger partial charge on any atom is 0.273 e. The predicted octanol–water partition coefficient (Wildman–Crippen LogP) is 0.914. The van der Waals surface area contributed by atoms with Crippen LogP contribution in [0.1, 0.15) is 50.6 Å². The molecule has 186 valence electrons. The van der Waals surface area contributed by atoms with Gasteiger partial charge in [0.15, 0.2) is 5.69 Å². The molecule has 4 amide bonds. The molecule has 37 heavy (non-hydrogen) atoms. The number of carbonyl (C=O) groups excluding carboxylic acids is 4.